The van der Waals surface area contributed by atoms with Crippen molar-refractivity contribution in [2.75, 3.05) is 6.54 Å². The molecule has 3 unspecified atom stereocenters. The standard InChI is InChI=1S/C18H28N2/c1-3-11-20(14(2)15-7-5-4-6-8-15)18-12-16-9-10-17(13-18)19-16/h4-8,14,16-19H,3,9-13H2,1-2H3. The van der Waals surface area contributed by atoms with Crippen molar-refractivity contribution in [2.24, 2.45) is 0 Å². The van der Waals surface area contributed by atoms with Gasteiger partial charge in [-0.15, -0.1) is 0 Å². The fraction of sp³-hybridized carbons (Fsp3) is 0.667. The lowest BCUT2D eigenvalue weighted by Crippen LogP contribution is -2.49. The third kappa shape index (κ3) is 2.91. The molecule has 0 amide bonds. The highest BCUT2D eigenvalue weighted by atomic mass is 15.2. The van der Waals surface area contributed by atoms with Gasteiger partial charge in [0.1, 0.15) is 0 Å². The number of piperidine rings is 1. The molecule has 1 aromatic carbocycles. The molecule has 1 aromatic rings. The molecular formula is C18H28N2. The van der Waals surface area contributed by atoms with Crippen LogP contribution in [0.3, 0.4) is 0 Å². The summed E-state index contributed by atoms with van der Waals surface area (Å²) in [5.41, 5.74) is 1.46. The highest BCUT2D eigenvalue weighted by molar-refractivity contribution is 5.18. The molecule has 0 radical (unpaired) electrons. The smallest absolute Gasteiger partial charge is 0.0322 e. The SMILES string of the molecule is CCCN(C1CC2CCC(C1)N2)C(C)c1ccccc1. The highest BCUT2D eigenvalue weighted by Crippen LogP contribution is 2.33. The van der Waals surface area contributed by atoms with Gasteiger partial charge in [0.05, 0.1) is 0 Å². The summed E-state index contributed by atoms with van der Waals surface area (Å²) in [5, 5.41) is 3.77. The minimum atomic E-state index is 0.540. The second-order valence-corrected chi connectivity index (χ2v) is 6.59. The van der Waals surface area contributed by atoms with Crippen molar-refractivity contribution >= 4 is 0 Å². The average molecular weight is 272 g/mol. The zero-order chi connectivity index (χ0) is 13.9. The molecule has 0 spiro atoms. The van der Waals surface area contributed by atoms with Crippen molar-refractivity contribution in [3.05, 3.63) is 35.9 Å². The highest BCUT2D eigenvalue weighted by Gasteiger charge is 2.37. The molecule has 0 aliphatic carbocycles. The number of nitrogens with zero attached hydrogens (tertiary/aromatic N) is 1. The van der Waals surface area contributed by atoms with E-state index >= 15 is 0 Å². The second-order valence-electron chi connectivity index (χ2n) is 6.59. The summed E-state index contributed by atoms with van der Waals surface area (Å²) in [4.78, 5) is 2.77. The van der Waals surface area contributed by atoms with Gasteiger partial charge < -0.3 is 5.32 Å². The van der Waals surface area contributed by atoms with Crippen LogP contribution in [0.2, 0.25) is 0 Å². The van der Waals surface area contributed by atoms with Gasteiger partial charge in [-0.05, 0) is 51.1 Å². The molecule has 110 valence electrons. The molecule has 2 bridgehead atoms. The summed E-state index contributed by atoms with van der Waals surface area (Å²) in [6.07, 6.45) is 6.71. The predicted octanol–water partition coefficient (Wildman–Crippen LogP) is 3.74. The molecule has 2 saturated heterocycles. The van der Waals surface area contributed by atoms with Gasteiger partial charge in [0.2, 0.25) is 0 Å². The van der Waals surface area contributed by atoms with Crippen molar-refractivity contribution < 1.29 is 0 Å². The topological polar surface area (TPSA) is 15.3 Å². The molecule has 2 nitrogen and oxygen atoms in total. The van der Waals surface area contributed by atoms with E-state index in [-0.39, 0.29) is 0 Å². The third-order valence-electron chi connectivity index (χ3n) is 5.18. The number of fused-ring (bicyclic) bond motifs is 2. The Kier molecular flexibility index (Phi) is 4.42. The summed E-state index contributed by atoms with van der Waals surface area (Å²) in [6.45, 7) is 5.91. The van der Waals surface area contributed by atoms with Crippen LogP contribution in [0.5, 0.6) is 0 Å². The number of nitrogens with one attached hydrogen (secondary N) is 1. The molecule has 2 aliphatic heterocycles. The minimum Gasteiger partial charge on any atom is -0.311 e. The van der Waals surface area contributed by atoms with Gasteiger partial charge in [-0.1, -0.05) is 37.3 Å². The maximum absolute atomic E-state index is 3.77. The van der Waals surface area contributed by atoms with Gasteiger partial charge >= 0.3 is 0 Å². The first-order valence-electron chi connectivity index (χ1n) is 8.34. The van der Waals surface area contributed by atoms with Crippen molar-refractivity contribution in [3.63, 3.8) is 0 Å². The number of rotatable bonds is 5. The first-order valence-corrected chi connectivity index (χ1v) is 8.34. The molecule has 0 aromatic heterocycles. The largest absolute Gasteiger partial charge is 0.311 e. The van der Waals surface area contributed by atoms with Crippen LogP contribution in [-0.2, 0) is 0 Å². The molecule has 2 heterocycles. The van der Waals surface area contributed by atoms with Gasteiger partial charge in [0.25, 0.3) is 0 Å². The fourth-order valence-corrected chi connectivity index (χ4v) is 4.17. The van der Waals surface area contributed by atoms with Gasteiger partial charge in [0, 0.05) is 24.2 Å². The lowest BCUT2D eigenvalue weighted by atomic mass is 9.95. The van der Waals surface area contributed by atoms with Crippen molar-refractivity contribution in [1.82, 2.24) is 10.2 Å². The van der Waals surface area contributed by atoms with Crippen LogP contribution in [0.15, 0.2) is 30.3 Å². The van der Waals surface area contributed by atoms with Crippen LogP contribution < -0.4 is 5.32 Å². The quantitative estimate of drug-likeness (QED) is 0.878. The fourth-order valence-electron chi connectivity index (χ4n) is 4.17. The lowest BCUT2D eigenvalue weighted by Gasteiger charge is -2.41. The van der Waals surface area contributed by atoms with E-state index in [1.54, 1.807) is 0 Å². The molecular weight excluding hydrogens is 244 g/mol. The van der Waals surface area contributed by atoms with Crippen molar-refractivity contribution in [2.45, 2.75) is 70.1 Å². The summed E-state index contributed by atoms with van der Waals surface area (Å²) in [5.74, 6) is 0. The van der Waals surface area contributed by atoms with E-state index < -0.39 is 0 Å². The molecule has 2 fully saturated rings. The molecule has 3 atom stereocenters. The number of benzene rings is 1. The Morgan fingerprint density at radius 2 is 1.80 bits per heavy atom. The van der Waals surface area contributed by atoms with E-state index in [1.807, 2.05) is 0 Å². The molecule has 2 aliphatic rings. The molecule has 0 saturated carbocycles. The zero-order valence-electron chi connectivity index (χ0n) is 12.9. The summed E-state index contributed by atoms with van der Waals surface area (Å²) in [7, 11) is 0. The number of hydrogen-bond donors (Lipinski definition) is 1. The van der Waals surface area contributed by atoms with Gasteiger partial charge in [-0.2, -0.15) is 0 Å². The monoisotopic (exact) mass is 272 g/mol. The van der Waals surface area contributed by atoms with E-state index in [1.165, 1.54) is 44.2 Å². The van der Waals surface area contributed by atoms with E-state index in [9.17, 15) is 0 Å². The average Bonchev–Trinajstić information content (AvgIpc) is 2.83. The normalized spacial score (nSPS) is 30.6. The minimum absolute atomic E-state index is 0.540. The Bertz CT molecular complexity index is 405. The van der Waals surface area contributed by atoms with Crippen molar-refractivity contribution in [3.8, 4) is 0 Å². The van der Waals surface area contributed by atoms with Crippen LogP contribution in [-0.4, -0.2) is 29.6 Å². The van der Waals surface area contributed by atoms with Crippen LogP contribution in [0, 0.1) is 0 Å². The first kappa shape index (κ1) is 14.1. The van der Waals surface area contributed by atoms with E-state index in [4.69, 9.17) is 0 Å². The summed E-state index contributed by atoms with van der Waals surface area (Å²) in [6, 6.07) is 13.9. The molecule has 20 heavy (non-hydrogen) atoms. The predicted molar refractivity (Wildman–Crippen MR) is 84.8 cm³/mol. The Balaban J connectivity index is 1.75. The summed E-state index contributed by atoms with van der Waals surface area (Å²) >= 11 is 0. The van der Waals surface area contributed by atoms with E-state index in [2.05, 4.69) is 54.4 Å². The second kappa shape index (κ2) is 6.28. The van der Waals surface area contributed by atoms with Crippen LogP contribution in [0.1, 0.15) is 57.6 Å². The Hall–Kier alpha value is -0.860. The summed E-state index contributed by atoms with van der Waals surface area (Å²) < 4.78 is 0. The maximum atomic E-state index is 3.77. The van der Waals surface area contributed by atoms with Crippen LogP contribution >= 0.6 is 0 Å². The van der Waals surface area contributed by atoms with Gasteiger partial charge in [-0.25, -0.2) is 0 Å². The Morgan fingerprint density at radius 3 is 2.40 bits per heavy atom. The van der Waals surface area contributed by atoms with Gasteiger partial charge in [-0.3, -0.25) is 4.90 Å². The van der Waals surface area contributed by atoms with Gasteiger partial charge in [0.15, 0.2) is 0 Å². The van der Waals surface area contributed by atoms with E-state index in [0.717, 1.165) is 18.1 Å². The van der Waals surface area contributed by atoms with Crippen LogP contribution in [0.4, 0.5) is 0 Å². The van der Waals surface area contributed by atoms with Crippen molar-refractivity contribution in [1.29, 1.82) is 0 Å². The lowest BCUT2D eigenvalue weighted by molar-refractivity contribution is 0.101. The molecule has 3 rings (SSSR count). The maximum Gasteiger partial charge on any atom is 0.0322 e. The molecule has 1 N–H and O–H groups in total. The Labute approximate surface area is 123 Å². The third-order valence-corrected chi connectivity index (χ3v) is 5.18. The van der Waals surface area contributed by atoms with E-state index in [0.29, 0.717) is 6.04 Å². The first-order chi connectivity index (χ1) is 9.78. The number of hydrogen-bond acceptors (Lipinski definition) is 2. The molecule has 2 heteroatoms. The Morgan fingerprint density at radius 1 is 1.15 bits per heavy atom. The zero-order valence-corrected chi connectivity index (χ0v) is 12.9. The van der Waals surface area contributed by atoms with Crippen LogP contribution in [0.25, 0.3) is 0 Å².